The minimum Gasteiger partial charge on any atom is -0.348 e. The zero-order valence-electron chi connectivity index (χ0n) is 16.2. The number of tetrazole rings is 1. The van der Waals surface area contributed by atoms with Crippen LogP contribution in [0.1, 0.15) is 41.5 Å². The molecule has 3 rings (SSSR count). The van der Waals surface area contributed by atoms with E-state index in [0.29, 0.717) is 17.0 Å². The van der Waals surface area contributed by atoms with Crippen molar-refractivity contribution in [2.75, 3.05) is 0 Å². The van der Waals surface area contributed by atoms with Crippen molar-refractivity contribution in [2.45, 2.75) is 38.5 Å². The molecule has 0 bridgehead atoms. The number of nitrogens with zero attached hydrogens (tertiary/aromatic N) is 4. The number of benzene rings is 2. The fourth-order valence-electron chi connectivity index (χ4n) is 3.04. The van der Waals surface area contributed by atoms with Crippen molar-refractivity contribution in [2.24, 2.45) is 0 Å². The first kappa shape index (κ1) is 21.4. The van der Waals surface area contributed by atoms with E-state index in [-0.39, 0.29) is 6.42 Å². The van der Waals surface area contributed by atoms with Crippen molar-refractivity contribution in [3.05, 3.63) is 76.9 Å². The number of rotatable bonds is 6. The molecule has 1 aromatic heterocycles. The van der Waals surface area contributed by atoms with Gasteiger partial charge in [-0.05, 0) is 59.7 Å². The molecule has 30 heavy (non-hydrogen) atoms. The van der Waals surface area contributed by atoms with Crippen molar-refractivity contribution >= 4 is 5.91 Å². The standard InChI is InChI=1S/C20H19F4N5O/c1-12(15-4-3-5-16(11-15)20(22,23)24)25-19(30)18(29-13(2)26-27-28-29)10-14-6-8-17(21)9-7-14/h3-9,11-12,18H,10H2,1-2H3,(H,25,30)/t12-,18+/m1/s1. The Morgan fingerprint density at radius 3 is 2.47 bits per heavy atom. The van der Waals surface area contributed by atoms with Crippen molar-refractivity contribution < 1.29 is 22.4 Å². The minimum atomic E-state index is -4.48. The monoisotopic (exact) mass is 421 g/mol. The number of aromatic nitrogens is 4. The van der Waals surface area contributed by atoms with Gasteiger partial charge in [-0.3, -0.25) is 4.79 Å². The molecule has 0 saturated heterocycles. The molecule has 0 radical (unpaired) electrons. The maximum atomic E-state index is 13.2. The fraction of sp³-hybridized carbons (Fsp3) is 0.300. The maximum absolute atomic E-state index is 13.2. The number of halogens is 4. The van der Waals surface area contributed by atoms with Crippen molar-refractivity contribution in [1.29, 1.82) is 0 Å². The molecule has 0 aliphatic carbocycles. The normalized spacial score (nSPS) is 13.7. The highest BCUT2D eigenvalue weighted by Gasteiger charge is 2.31. The number of alkyl halides is 3. The highest BCUT2D eigenvalue weighted by molar-refractivity contribution is 5.81. The lowest BCUT2D eigenvalue weighted by Gasteiger charge is -2.21. The van der Waals surface area contributed by atoms with E-state index in [0.717, 1.165) is 12.1 Å². The van der Waals surface area contributed by atoms with Crippen LogP contribution in [0.15, 0.2) is 48.5 Å². The third-order valence-electron chi connectivity index (χ3n) is 4.67. The quantitative estimate of drug-likeness (QED) is 0.615. The zero-order valence-corrected chi connectivity index (χ0v) is 16.2. The van der Waals surface area contributed by atoms with Crippen LogP contribution in [0.25, 0.3) is 0 Å². The van der Waals surface area contributed by atoms with Gasteiger partial charge in [0, 0.05) is 6.42 Å². The van der Waals surface area contributed by atoms with Crippen molar-refractivity contribution in [1.82, 2.24) is 25.5 Å². The first-order chi connectivity index (χ1) is 14.1. The number of carbonyl (C=O) groups excluding carboxylic acids is 1. The molecule has 0 saturated carbocycles. The van der Waals surface area contributed by atoms with Crippen LogP contribution in [-0.2, 0) is 17.4 Å². The minimum absolute atomic E-state index is 0.174. The van der Waals surface area contributed by atoms with Gasteiger partial charge in [-0.15, -0.1) is 5.10 Å². The van der Waals surface area contributed by atoms with E-state index in [9.17, 15) is 22.4 Å². The number of nitrogens with one attached hydrogen (secondary N) is 1. The topological polar surface area (TPSA) is 72.7 Å². The summed E-state index contributed by atoms with van der Waals surface area (Å²) in [4.78, 5) is 13.0. The van der Waals surface area contributed by atoms with Crippen LogP contribution in [0.3, 0.4) is 0 Å². The summed E-state index contributed by atoms with van der Waals surface area (Å²) in [6, 6.07) is 8.88. The van der Waals surface area contributed by atoms with Crippen LogP contribution < -0.4 is 5.32 Å². The molecule has 1 N–H and O–H groups in total. The Labute approximate surface area is 169 Å². The lowest BCUT2D eigenvalue weighted by Crippen LogP contribution is -2.36. The summed E-state index contributed by atoms with van der Waals surface area (Å²) in [7, 11) is 0. The third kappa shape index (κ3) is 5.00. The summed E-state index contributed by atoms with van der Waals surface area (Å²) in [5, 5.41) is 13.9. The summed E-state index contributed by atoms with van der Waals surface area (Å²) in [5.41, 5.74) is 0.200. The molecule has 6 nitrogen and oxygen atoms in total. The smallest absolute Gasteiger partial charge is 0.348 e. The van der Waals surface area contributed by atoms with E-state index < -0.39 is 35.5 Å². The molecular weight excluding hydrogens is 402 g/mol. The van der Waals surface area contributed by atoms with Crippen molar-refractivity contribution in [3.8, 4) is 0 Å². The predicted octanol–water partition coefficient (Wildman–Crippen LogP) is 3.80. The van der Waals surface area contributed by atoms with Gasteiger partial charge in [-0.25, -0.2) is 9.07 Å². The van der Waals surface area contributed by atoms with Crippen LogP contribution in [0.4, 0.5) is 17.6 Å². The first-order valence-electron chi connectivity index (χ1n) is 9.11. The highest BCUT2D eigenvalue weighted by atomic mass is 19.4. The van der Waals surface area contributed by atoms with E-state index in [1.54, 1.807) is 26.0 Å². The Morgan fingerprint density at radius 1 is 1.17 bits per heavy atom. The molecule has 0 fully saturated rings. The summed E-state index contributed by atoms with van der Waals surface area (Å²) >= 11 is 0. The number of aryl methyl sites for hydroxylation is 1. The van der Waals surface area contributed by atoms with Crippen LogP contribution >= 0.6 is 0 Å². The Kier molecular flexibility index (Phi) is 6.14. The summed E-state index contributed by atoms with van der Waals surface area (Å²) < 4.78 is 53.5. The first-order valence-corrected chi connectivity index (χ1v) is 9.11. The molecular formula is C20H19F4N5O. The number of hydrogen-bond acceptors (Lipinski definition) is 4. The predicted molar refractivity (Wildman–Crippen MR) is 99.7 cm³/mol. The summed E-state index contributed by atoms with van der Waals surface area (Å²) in [5.74, 6) is -0.486. The van der Waals surface area contributed by atoms with Gasteiger partial charge in [0.05, 0.1) is 11.6 Å². The highest BCUT2D eigenvalue weighted by Crippen LogP contribution is 2.31. The molecule has 2 atom stereocenters. The van der Waals surface area contributed by atoms with Crippen LogP contribution in [0.2, 0.25) is 0 Å². The SMILES string of the molecule is Cc1nnnn1[C@@H](Cc1ccc(F)cc1)C(=O)N[C@H](C)c1cccc(C(F)(F)F)c1. The Morgan fingerprint density at radius 2 is 1.87 bits per heavy atom. The molecule has 0 unspecified atom stereocenters. The maximum Gasteiger partial charge on any atom is 0.416 e. The Hall–Kier alpha value is -3.30. The molecule has 1 heterocycles. The largest absolute Gasteiger partial charge is 0.416 e. The molecule has 3 aromatic rings. The summed E-state index contributed by atoms with van der Waals surface area (Å²) in [6.07, 6.45) is -4.30. The van der Waals surface area contributed by atoms with Gasteiger partial charge >= 0.3 is 6.18 Å². The van der Waals surface area contributed by atoms with E-state index >= 15 is 0 Å². The van der Waals surface area contributed by atoms with E-state index in [1.807, 2.05) is 0 Å². The average molecular weight is 421 g/mol. The van der Waals surface area contributed by atoms with Gasteiger partial charge in [-0.2, -0.15) is 13.2 Å². The van der Waals surface area contributed by atoms with E-state index in [4.69, 9.17) is 0 Å². The lowest BCUT2D eigenvalue weighted by molar-refractivity contribution is -0.137. The summed E-state index contributed by atoms with van der Waals surface area (Å²) in [6.45, 7) is 3.22. The van der Waals surface area contributed by atoms with Gasteiger partial charge in [0.25, 0.3) is 0 Å². The van der Waals surface area contributed by atoms with Gasteiger partial charge in [0.2, 0.25) is 5.91 Å². The number of carbonyl (C=O) groups is 1. The van der Waals surface area contributed by atoms with Crippen LogP contribution in [0.5, 0.6) is 0 Å². The second-order valence-electron chi connectivity index (χ2n) is 6.87. The van der Waals surface area contributed by atoms with E-state index in [2.05, 4.69) is 20.8 Å². The number of hydrogen-bond donors (Lipinski definition) is 1. The zero-order chi connectivity index (χ0) is 21.9. The molecule has 1 amide bonds. The molecule has 158 valence electrons. The van der Waals surface area contributed by atoms with Gasteiger partial charge in [-0.1, -0.05) is 24.3 Å². The molecule has 10 heteroatoms. The lowest BCUT2D eigenvalue weighted by atomic mass is 10.0. The van der Waals surface area contributed by atoms with Crippen molar-refractivity contribution in [3.63, 3.8) is 0 Å². The Balaban J connectivity index is 1.83. The average Bonchev–Trinajstić information content (AvgIpc) is 3.12. The molecule has 0 aliphatic rings. The number of amides is 1. The van der Waals surface area contributed by atoms with Gasteiger partial charge < -0.3 is 5.32 Å². The second-order valence-corrected chi connectivity index (χ2v) is 6.87. The molecule has 0 aliphatic heterocycles. The second kappa shape index (κ2) is 8.60. The third-order valence-corrected chi connectivity index (χ3v) is 4.67. The van der Waals surface area contributed by atoms with Gasteiger partial charge in [0.15, 0.2) is 0 Å². The molecule has 2 aromatic carbocycles. The van der Waals surface area contributed by atoms with Gasteiger partial charge in [0.1, 0.15) is 17.7 Å². The molecule has 0 spiro atoms. The van der Waals surface area contributed by atoms with Crippen LogP contribution in [-0.4, -0.2) is 26.1 Å². The fourth-order valence-corrected chi connectivity index (χ4v) is 3.04. The Bertz CT molecular complexity index is 1020. The van der Waals surface area contributed by atoms with Crippen LogP contribution in [0, 0.1) is 12.7 Å². The van der Waals surface area contributed by atoms with E-state index in [1.165, 1.54) is 28.9 Å².